The Morgan fingerprint density at radius 3 is 2.89 bits per heavy atom. The van der Waals surface area contributed by atoms with E-state index >= 15 is 0 Å². The van der Waals surface area contributed by atoms with Gasteiger partial charge in [-0.2, -0.15) is 0 Å². The van der Waals surface area contributed by atoms with Crippen LogP contribution >= 0.6 is 11.3 Å². The van der Waals surface area contributed by atoms with Gasteiger partial charge in [0, 0.05) is 17.0 Å². The molecule has 1 aliphatic rings. The lowest BCUT2D eigenvalue weighted by Crippen LogP contribution is -2.34. The van der Waals surface area contributed by atoms with Gasteiger partial charge in [0.2, 0.25) is 0 Å². The summed E-state index contributed by atoms with van der Waals surface area (Å²) in [6, 6.07) is 10.6. The lowest BCUT2D eigenvalue weighted by atomic mass is 10.2. The highest BCUT2D eigenvalue weighted by Gasteiger charge is 2.21. The van der Waals surface area contributed by atoms with Crippen LogP contribution < -0.4 is 5.32 Å². The van der Waals surface area contributed by atoms with Gasteiger partial charge in [-0.3, -0.25) is 0 Å². The number of hydrogen-bond donors (Lipinski definition) is 1. The Kier molecular flexibility index (Phi) is 3.41. The van der Waals surface area contributed by atoms with Crippen molar-refractivity contribution in [2.24, 2.45) is 0 Å². The Bertz CT molecular complexity index is 518. The average molecular weight is 260 g/mol. The van der Waals surface area contributed by atoms with Crippen LogP contribution in [0.1, 0.15) is 16.6 Å². The van der Waals surface area contributed by atoms with Crippen molar-refractivity contribution in [2.45, 2.75) is 13.0 Å². The Morgan fingerprint density at radius 1 is 1.33 bits per heavy atom. The fraction of sp³-hybridized carbons (Fsp3) is 0.357. The predicted molar refractivity (Wildman–Crippen MR) is 73.8 cm³/mol. The molecule has 2 heterocycles. The first-order chi connectivity index (χ1) is 8.84. The van der Waals surface area contributed by atoms with Gasteiger partial charge in [-0.1, -0.05) is 30.3 Å². The molecule has 2 aromatic rings. The highest BCUT2D eigenvalue weighted by Crippen LogP contribution is 2.32. The third kappa shape index (κ3) is 2.32. The lowest BCUT2D eigenvalue weighted by molar-refractivity contribution is 0.0777. The minimum atomic E-state index is 0.300. The average Bonchev–Trinajstić information content (AvgIpc) is 2.83. The molecule has 1 fully saturated rings. The SMILES string of the molecule is Cc1nc(-c2ccccc2)sc1C1COCCN1. The van der Waals surface area contributed by atoms with Crippen LogP contribution in [0, 0.1) is 6.92 Å². The first-order valence-corrected chi connectivity index (χ1v) is 7.00. The molecule has 0 bridgehead atoms. The van der Waals surface area contributed by atoms with Crippen molar-refractivity contribution < 1.29 is 4.74 Å². The van der Waals surface area contributed by atoms with Gasteiger partial charge in [0.05, 0.1) is 24.9 Å². The smallest absolute Gasteiger partial charge is 0.123 e. The lowest BCUT2D eigenvalue weighted by Gasteiger charge is -2.22. The molecule has 1 aromatic heterocycles. The zero-order valence-electron chi connectivity index (χ0n) is 10.3. The quantitative estimate of drug-likeness (QED) is 0.901. The summed E-state index contributed by atoms with van der Waals surface area (Å²) in [5.74, 6) is 0. The molecule has 1 N–H and O–H groups in total. The summed E-state index contributed by atoms with van der Waals surface area (Å²) in [7, 11) is 0. The molecule has 0 aliphatic carbocycles. The minimum Gasteiger partial charge on any atom is -0.378 e. The molecule has 4 heteroatoms. The van der Waals surface area contributed by atoms with Gasteiger partial charge in [0.1, 0.15) is 5.01 Å². The number of aromatic nitrogens is 1. The molecule has 0 amide bonds. The summed E-state index contributed by atoms with van der Waals surface area (Å²) in [6.45, 7) is 4.55. The van der Waals surface area contributed by atoms with E-state index in [0.29, 0.717) is 6.04 Å². The van der Waals surface area contributed by atoms with E-state index in [0.717, 1.165) is 30.5 Å². The Balaban J connectivity index is 1.91. The first-order valence-electron chi connectivity index (χ1n) is 6.18. The van der Waals surface area contributed by atoms with Gasteiger partial charge in [-0.25, -0.2) is 4.98 Å². The highest BCUT2D eigenvalue weighted by molar-refractivity contribution is 7.15. The van der Waals surface area contributed by atoms with Crippen molar-refractivity contribution in [3.05, 3.63) is 40.9 Å². The fourth-order valence-electron chi connectivity index (χ4n) is 2.17. The van der Waals surface area contributed by atoms with E-state index < -0.39 is 0 Å². The van der Waals surface area contributed by atoms with E-state index in [1.54, 1.807) is 11.3 Å². The second-order valence-corrected chi connectivity index (χ2v) is 5.45. The zero-order valence-corrected chi connectivity index (χ0v) is 11.2. The van der Waals surface area contributed by atoms with Gasteiger partial charge in [-0.15, -0.1) is 11.3 Å². The molecule has 18 heavy (non-hydrogen) atoms. The van der Waals surface area contributed by atoms with Crippen molar-refractivity contribution in [1.29, 1.82) is 0 Å². The van der Waals surface area contributed by atoms with Gasteiger partial charge in [-0.05, 0) is 6.92 Å². The molecule has 0 spiro atoms. The number of thiazole rings is 1. The van der Waals surface area contributed by atoms with Crippen LogP contribution in [0.2, 0.25) is 0 Å². The van der Waals surface area contributed by atoms with Crippen LogP contribution in [0.25, 0.3) is 10.6 Å². The molecular weight excluding hydrogens is 244 g/mol. The van der Waals surface area contributed by atoms with E-state index in [-0.39, 0.29) is 0 Å². The molecule has 1 saturated heterocycles. The van der Waals surface area contributed by atoms with Crippen LogP contribution in [-0.2, 0) is 4.74 Å². The second kappa shape index (κ2) is 5.18. The molecule has 3 rings (SSSR count). The van der Waals surface area contributed by atoms with Crippen molar-refractivity contribution in [3.8, 4) is 10.6 Å². The zero-order chi connectivity index (χ0) is 12.4. The largest absolute Gasteiger partial charge is 0.378 e. The number of hydrogen-bond acceptors (Lipinski definition) is 4. The standard InChI is InChI=1S/C14H16N2OS/c1-10-13(12-9-17-8-7-15-12)18-14(16-10)11-5-3-2-4-6-11/h2-6,12,15H,7-9H2,1H3. The molecule has 0 radical (unpaired) electrons. The molecule has 1 unspecified atom stereocenters. The summed E-state index contributed by atoms with van der Waals surface area (Å²) in [5.41, 5.74) is 2.30. The van der Waals surface area contributed by atoms with E-state index in [9.17, 15) is 0 Å². The van der Waals surface area contributed by atoms with E-state index in [1.807, 2.05) is 18.2 Å². The monoisotopic (exact) mass is 260 g/mol. The maximum Gasteiger partial charge on any atom is 0.123 e. The maximum absolute atomic E-state index is 5.52. The Labute approximate surface area is 111 Å². The van der Waals surface area contributed by atoms with E-state index in [2.05, 4.69) is 29.4 Å². The number of aryl methyl sites for hydroxylation is 1. The third-order valence-corrected chi connectivity index (χ3v) is 4.41. The van der Waals surface area contributed by atoms with Crippen LogP contribution in [0.4, 0.5) is 0 Å². The molecule has 1 aromatic carbocycles. The van der Waals surface area contributed by atoms with Gasteiger partial charge >= 0.3 is 0 Å². The molecule has 3 nitrogen and oxygen atoms in total. The molecule has 94 valence electrons. The van der Waals surface area contributed by atoms with E-state index in [1.165, 1.54) is 10.4 Å². The normalized spacial score (nSPS) is 19.9. The molecule has 1 atom stereocenters. The van der Waals surface area contributed by atoms with Crippen molar-refractivity contribution in [2.75, 3.05) is 19.8 Å². The summed E-state index contributed by atoms with van der Waals surface area (Å²) >= 11 is 1.77. The van der Waals surface area contributed by atoms with Gasteiger partial charge < -0.3 is 10.1 Å². The number of ether oxygens (including phenoxy) is 1. The van der Waals surface area contributed by atoms with Gasteiger partial charge in [0.25, 0.3) is 0 Å². The summed E-state index contributed by atoms with van der Waals surface area (Å²) in [5, 5.41) is 4.58. The number of rotatable bonds is 2. The van der Waals surface area contributed by atoms with E-state index in [4.69, 9.17) is 4.74 Å². The first kappa shape index (κ1) is 11.8. The fourth-order valence-corrected chi connectivity index (χ4v) is 3.30. The topological polar surface area (TPSA) is 34.1 Å². The molecule has 1 aliphatic heterocycles. The Morgan fingerprint density at radius 2 is 2.17 bits per heavy atom. The van der Waals surface area contributed by atoms with Crippen molar-refractivity contribution in [1.82, 2.24) is 10.3 Å². The second-order valence-electron chi connectivity index (χ2n) is 4.42. The van der Waals surface area contributed by atoms with Crippen LogP contribution in [-0.4, -0.2) is 24.7 Å². The van der Waals surface area contributed by atoms with Gasteiger partial charge in [0.15, 0.2) is 0 Å². The molecule has 0 saturated carbocycles. The van der Waals surface area contributed by atoms with Crippen LogP contribution in [0.3, 0.4) is 0 Å². The number of morpholine rings is 1. The predicted octanol–water partition coefficient (Wildman–Crippen LogP) is 2.78. The van der Waals surface area contributed by atoms with Crippen LogP contribution in [0.15, 0.2) is 30.3 Å². The number of benzene rings is 1. The van der Waals surface area contributed by atoms with Crippen molar-refractivity contribution in [3.63, 3.8) is 0 Å². The number of nitrogens with one attached hydrogen (secondary N) is 1. The summed E-state index contributed by atoms with van der Waals surface area (Å²) in [4.78, 5) is 5.98. The van der Waals surface area contributed by atoms with Crippen molar-refractivity contribution >= 4 is 11.3 Å². The van der Waals surface area contributed by atoms with Crippen LogP contribution in [0.5, 0.6) is 0 Å². The Hall–Kier alpha value is -1.23. The highest BCUT2D eigenvalue weighted by atomic mass is 32.1. The number of nitrogens with zero attached hydrogens (tertiary/aromatic N) is 1. The maximum atomic E-state index is 5.52. The summed E-state index contributed by atoms with van der Waals surface area (Å²) in [6.07, 6.45) is 0. The third-order valence-electron chi connectivity index (χ3n) is 3.09. The summed E-state index contributed by atoms with van der Waals surface area (Å²) < 4.78 is 5.52. The molecular formula is C14H16N2OS. The minimum absolute atomic E-state index is 0.300.